The molecule has 1 heterocycles. The zero-order chi connectivity index (χ0) is 14.5. The lowest BCUT2D eigenvalue weighted by Gasteiger charge is -2.27. The molecule has 1 aromatic carbocycles. The summed E-state index contributed by atoms with van der Waals surface area (Å²) in [6.07, 6.45) is 3.82. The highest BCUT2D eigenvalue weighted by molar-refractivity contribution is 8.00. The van der Waals surface area contributed by atoms with Crippen molar-refractivity contribution in [2.24, 2.45) is 0 Å². The fourth-order valence-corrected chi connectivity index (χ4v) is 4.34. The Bertz CT molecular complexity index is 441. The lowest BCUT2D eigenvalue weighted by atomic mass is 9.95. The fraction of sp³-hybridized carbons (Fsp3) is 0.647. The summed E-state index contributed by atoms with van der Waals surface area (Å²) in [6.45, 7) is 7.61. The predicted molar refractivity (Wildman–Crippen MR) is 89.0 cm³/mol. The summed E-state index contributed by atoms with van der Waals surface area (Å²) in [5.41, 5.74) is 3.92. The number of hydrogen-bond acceptors (Lipinski definition) is 3. The monoisotopic (exact) mass is 293 g/mol. The minimum atomic E-state index is 0.414. The van der Waals surface area contributed by atoms with Crippen LogP contribution in [0.2, 0.25) is 0 Å². The van der Waals surface area contributed by atoms with Gasteiger partial charge in [0.25, 0.3) is 0 Å². The molecule has 0 bridgehead atoms. The van der Waals surface area contributed by atoms with Gasteiger partial charge < -0.3 is 10.1 Å². The van der Waals surface area contributed by atoms with Crippen molar-refractivity contribution in [3.63, 3.8) is 0 Å². The zero-order valence-electron chi connectivity index (χ0n) is 13.2. The van der Waals surface area contributed by atoms with E-state index in [1.807, 2.05) is 0 Å². The van der Waals surface area contributed by atoms with Crippen molar-refractivity contribution in [3.05, 3.63) is 28.8 Å². The average molecular weight is 293 g/mol. The van der Waals surface area contributed by atoms with Crippen LogP contribution in [0, 0.1) is 13.8 Å². The van der Waals surface area contributed by atoms with Gasteiger partial charge in [0, 0.05) is 16.9 Å². The molecule has 1 aliphatic heterocycles. The van der Waals surface area contributed by atoms with Crippen LogP contribution in [0.25, 0.3) is 0 Å². The van der Waals surface area contributed by atoms with E-state index in [0.717, 1.165) is 12.3 Å². The van der Waals surface area contributed by atoms with Crippen molar-refractivity contribution in [3.8, 4) is 5.75 Å². The highest BCUT2D eigenvalue weighted by Crippen LogP contribution is 2.40. The number of benzene rings is 1. The molecule has 1 fully saturated rings. The SMILES string of the molecule is CCCNC(c1ccc(C)c(C)c1OC)C1CCCS1. The Morgan fingerprint density at radius 2 is 2.20 bits per heavy atom. The van der Waals surface area contributed by atoms with Gasteiger partial charge in [-0.25, -0.2) is 0 Å². The van der Waals surface area contributed by atoms with Gasteiger partial charge in [-0.15, -0.1) is 0 Å². The number of methoxy groups -OCH3 is 1. The molecule has 2 unspecified atom stereocenters. The van der Waals surface area contributed by atoms with Gasteiger partial charge in [-0.1, -0.05) is 19.1 Å². The van der Waals surface area contributed by atoms with Gasteiger partial charge in [0.15, 0.2) is 0 Å². The first kappa shape index (κ1) is 15.7. The number of ether oxygens (including phenoxy) is 1. The van der Waals surface area contributed by atoms with Gasteiger partial charge >= 0.3 is 0 Å². The summed E-state index contributed by atoms with van der Waals surface area (Å²) in [5.74, 6) is 2.37. The summed E-state index contributed by atoms with van der Waals surface area (Å²) in [4.78, 5) is 0. The smallest absolute Gasteiger partial charge is 0.126 e. The Morgan fingerprint density at radius 3 is 2.80 bits per heavy atom. The van der Waals surface area contributed by atoms with E-state index in [1.165, 1.54) is 41.7 Å². The van der Waals surface area contributed by atoms with Crippen LogP contribution in [0.5, 0.6) is 5.75 Å². The molecule has 0 amide bonds. The van der Waals surface area contributed by atoms with Gasteiger partial charge in [-0.3, -0.25) is 0 Å². The Balaban J connectivity index is 2.34. The second kappa shape index (κ2) is 7.37. The van der Waals surface area contributed by atoms with Gasteiger partial charge in [0.2, 0.25) is 0 Å². The number of rotatable bonds is 6. The van der Waals surface area contributed by atoms with Crippen LogP contribution in [0.1, 0.15) is 48.9 Å². The van der Waals surface area contributed by atoms with Crippen LogP contribution in [-0.2, 0) is 0 Å². The highest BCUT2D eigenvalue weighted by atomic mass is 32.2. The molecule has 20 heavy (non-hydrogen) atoms. The van der Waals surface area contributed by atoms with Crippen LogP contribution in [0.4, 0.5) is 0 Å². The average Bonchev–Trinajstić information content (AvgIpc) is 2.97. The molecule has 1 aliphatic rings. The van der Waals surface area contributed by atoms with Crippen LogP contribution in [0.3, 0.4) is 0 Å². The second-order valence-corrected chi connectivity index (χ2v) is 6.96. The van der Waals surface area contributed by atoms with E-state index in [2.05, 4.69) is 50.0 Å². The van der Waals surface area contributed by atoms with E-state index in [4.69, 9.17) is 4.74 Å². The van der Waals surface area contributed by atoms with Crippen molar-refractivity contribution in [2.45, 2.75) is 51.3 Å². The molecule has 2 nitrogen and oxygen atoms in total. The van der Waals surface area contributed by atoms with Crippen LogP contribution in [0.15, 0.2) is 12.1 Å². The number of hydrogen-bond donors (Lipinski definition) is 1. The molecule has 2 atom stereocenters. The molecule has 0 aromatic heterocycles. The maximum Gasteiger partial charge on any atom is 0.126 e. The molecule has 1 saturated heterocycles. The third-order valence-corrected chi connectivity index (χ3v) is 5.66. The van der Waals surface area contributed by atoms with Crippen molar-refractivity contribution in [1.82, 2.24) is 5.32 Å². The van der Waals surface area contributed by atoms with Gasteiger partial charge in [-0.2, -0.15) is 11.8 Å². The minimum absolute atomic E-state index is 0.414. The molecular weight excluding hydrogens is 266 g/mol. The van der Waals surface area contributed by atoms with Crippen molar-refractivity contribution >= 4 is 11.8 Å². The first-order valence-electron chi connectivity index (χ1n) is 7.68. The van der Waals surface area contributed by atoms with Crippen LogP contribution >= 0.6 is 11.8 Å². The molecule has 1 aromatic rings. The summed E-state index contributed by atoms with van der Waals surface area (Å²) in [5, 5.41) is 4.43. The van der Waals surface area contributed by atoms with Crippen LogP contribution in [-0.4, -0.2) is 24.7 Å². The number of nitrogens with one attached hydrogen (secondary N) is 1. The summed E-state index contributed by atoms with van der Waals surface area (Å²) in [6, 6.07) is 4.90. The third-order valence-electron chi connectivity index (χ3n) is 4.20. The summed E-state index contributed by atoms with van der Waals surface area (Å²) >= 11 is 2.11. The van der Waals surface area contributed by atoms with Gasteiger partial charge in [0.1, 0.15) is 5.75 Å². The molecule has 1 N–H and O–H groups in total. The van der Waals surface area contributed by atoms with Gasteiger partial charge in [-0.05, 0) is 56.5 Å². The Labute approximate surface area is 127 Å². The lowest BCUT2D eigenvalue weighted by Crippen LogP contribution is -2.30. The first-order valence-corrected chi connectivity index (χ1v) is 8.73. The summed E-state index contributed by atoms with van der Waals surface area (Å²) < 4.78 is 5.73. The first-order chi connectivity index (χ1) is 9.69. The molecule has 0 radical (unpaired) electrons. The quantitative estimate of drug-likeness (QED) is 0.847. The maximum atomic E-state index is 5.73. The normalized spacial score (nSPS) is 20.1. The fourth-order valence-electron chi connectivity index (χ4n) is 2.93. The Hall–Kier alpha value is -0.670. The highest BCUT2D eigenvalue weighted by Gasteiger charge is 2.29. The maximum absolute atomic E-state index is 5.73. The van der Waals surface area contributed by atoms with Crippen molar-refractivity contribution in [2.75, 3.05) is 19.4 Å². The molecule has 0 spiro atoms. The standard InChI is InChI=1S/C17H27NOS/c1-5-10-18-16(15-7-6-11-20-15)14-9-8-12(2)13(3)17(14)19-4/h8-9,15-16,18H,5-7,10-11H2,1-4H3. The topological polar surface area (TPSA) is 21.3 Å². The van der Waals surface area contributed by atoms with E-state index in [9.17, 15) is 0 Å². The van der Waals surface area contributed by atoms with E-state index in [1.54, 1.807) is 7.11 Å². The molecule has 3 heteroatoms. The van der Waals surface area contributed by atoms with E-state index in [0.29, 0.717) is 11.3 Å². The number of aryl methyl sites for hydroxylation is 1. The lowest BCUT2D eigenvalue weighted by molar-refractivity contribution is 0.392. The second-order valence-electron chi connectivity index (χ2n) is 5.61. The molecule has 0 aliphatic carbocycles. The molecule has 112 valence electrons. The summed E-state index contributed by atoms with van der Waals surface area (Å²) in [7, 11) is 1.80. The van der Waals surface area contributed by atoms with E-state index in [-0.39, 0.29) is 0 Å². The predicted octanol–water partition coefficient (Wildman–Crippen LogP) is 4.25. The largest absolute Gasteiger partial charge is 0.496 e. The van der Waals surface area contributed by atoms with Crippen LogP contribution < -0.4 is 10.1 Å². The molecular formula is C17H27NOS. The van der Waals surface area contributed by atoms with E-state index >= 15 is 0 Å². The molecule has 0 saturated carbocycles. The molecule has 2 rings (SSSR count). The van der Waals surface area contributed by atoms with Gasteiger partial charge in [0.05, 0.1) is 7.11 Å². The Kier molecular flexibility index (Phi) is 5.79. The van der Waals surface area contributed by atoms with Crippen molar-refractivity contribution < 1.29 is 4.74 Å². The third kappa shape index (κ3) is 3.32. The van der Waals surface area contributed by atoms with Crippen molar-refractivity contribution in [1.29, 1.82) is 0 Å². The zero-order valence-corrected chi connectivity index (χ0v) is 14.0. The van der Waals surface area contributed by atoms with E-state index < -0.39 is 0 Å². The minimum Gasteiger partial charge on any atom is -0.496 e. The number of thioether (sulfide) groups is 1. The Morgan fingerprint density at radius 1 is 1.40 bits per heavy atom.